The summed E-state index contributed by atoms with van der Waals surface area (Å²) in [6.45, 7) is 7.32. The number of piperazine rings is 1. The van der Waals surface area contributed by atoms with Gasteiger partial charge in [-0.3, -0.25) is 4.99 Å². The van der Waals surface area contributed by atoms with E-state index < -0.39 is 10.0 Å². The van der Waals surface area contributed by atoms with Crippen LogP contribution in [0, 0.1) is 13.8 Å². The van der Waals surface area contributed by atoms with E-state index in [2.05, 4.69) is 57.6 Å². The van der Waals surface area contributed by atoms with E-state index in [4.69, 9.17) is 0 Å². The second kappa shape index (κ2) is 12.4. The van der Waals surface area contributed by atoms with Gasteiger partial charge in [0.15, 0.2) is 5.96 Å². The number of nitrogens with zero attached hydrogens (tertiary/aromatic N) is 4. The summed E-state index contributed by atoms with van der Waals surface area (Å²) in [4.78, 5) is 10.7. The van der Waals surface area contributed by atoms with Crippen LogP contribution in [0.1, 0.15) is 16.7 Å². The Morgan fingerprint density at radius 3 is 2.47 bits per heavy atom. The van der Waals surface area contributed by atoms with E-state index in [-0.39, 0.29) is 29.7 Å². The Bertz CT molecular complexity index is 993. The fourth-order valence-corrected chi connectivity index (χ4v) is 4.95. The van der Waals surface area contributed by atoms with E-state index in [9.17, 15) is 8.42 Å². The summed E-state index contributed by atoms with van der Waals surface area (Å²) >= 11 is 0. The van der Waals surface area contributed by atoms with Gasteiger partial charge >= 0.3 is 0 Å². The predicted octanol–water partition coefficient (Wildman–Crippen LogP) is 2.13. The molecule has 1 aromatic heterocycles. The Morgan fingerprint density at radius 2 is 1.84 bits per heavy atom. The molecule has 0 atom stereocenters. The van der Waals surface area contributed by atoms with Crippen LogP contribution in [0.25, 0.3) is 0 Å². The molecule has 8 nitrogen and oxygen atoms in total. The first-order chi connectivity index (χ1) is 14.9. The molecule has 0 saturated carbocycles. The number of sulfonamides is 1. The second-order valence-electron chi connectivity index (χ2n) is 7.67. The number of halogens is 1. The molecule has 1 aromatic carbocycles. The highest BCUT2D eigenvalue weighted by molar-refractivity contribution is 14.0. The quantitative estimate of drug-likeness (QED) is 0.300. The molecule has 1 aliphatic rings. The molecule has 2 heterocycles. The maximum Gasteiger partial charge on any atom is 0.215 e. The predicted molar refractivity (Wildman–Crippen MR) is 141 cm³/mol. The third-order valence-electron chi connectivity index (χ3n) is 5.43. The molecule has 1 saturated heterocycles. The van der Waals surface area contributed by atoms with Crippen LogP contribution in [-0.2, 0) is 16.6 Å². The van der Waals surface area contributed by atoms with E-state index in [0.29, 0.717) is 45.2 Å². The number of anilines is 1. The highest BCUT2D eigenvalue weighted by Gasteiger charge is 2.27. The van der Waals surface area contributed by atoms with Crippen LogP contribution in [-0.4, -0.2) is 69.2 Å². The first-order valence-electron chi connectivity index (χ1n) is 10.5. The van der Waals surface area contributed by atoms with Crippen molar-refractivity contribution in [1.29, 1.82) is 0 Å². The summed E-state index contributed by atoms with van der Waals surface area (Å²) in [6, 6.07) is 12.1. The molecule has 2 aromatic rings. The maximum atomic E-state index is 12.7. The van der Waals surface area contributed by atoms with Gasteiger partial charge in [-0.2, -0.15) is 4.31 Å². The van der Waals surface area contributed by atoms with E-state index in [1.807, 2.05) is 18.2 Å². The van der Waals surface area contributed by atoms with Crippen LogP contribution < -0.4 is 15.5 Å². The number of rotatable bonds is 7. The normalized spacial score (nSPS) is 15.2. The summed E-state index contributed by atoms with van der Waals surface area (Å²) < 4.78 is 27.1. The number of hydrogen-bond donors (Lipinski definition) is 2. The van der Waals surface area contributed by atoms with Crippen molar-refractivity contribution in [3.8, 4) is 0 Å². The average Bonchev–Trinajstić information content (AvgIpc) is 2.78. The van der Waals surface area contributed by atoms with Crippen LogP contribution in [0.3, 0.4) is 0 Å². The van der Waals surface area contributed by atoms with Gasteiger partial charge in [0.05, 0.1) is 5.75 Å². The minimum Gasteiger partial charge on any atom is -0.355 e. The molecule has 0 unspecified atom stereocenters. The molecule has 3 rings (SSSR count). The lowest BCUT2D eigenvalue weighted by atomic mass is 10.1. The number of benzene rings is 1. The van der Waals surface area contributed by atoms with Gasteiger partial charge in [0.25, 0.3) is 0 Å². The summed E-state index contributed by atoms with van der Waals surface area (Å²) in [5.41, 5.74) is 3.64. The summed E-state index contributed by atoms with van der Waals surface area (Å²) in [6.07, 6.45) is 1.76. The number of pyridine rings is 1. The highest BCUT2D eigenvalue weighted by Crippen LogP contribution is 2.14. The van der Waals surface area contributed by atoms with Crippen LogP contribution in [0.2, 0.25) is 0 Å². The fraction of sp³-hybridized carbons (Fsp3) is 0.455. The first kappa shape index (κ1) is 26.3. The van der Waals surface area contributed by atoms with Crippen molar-refractivity contribution in [2.45, 2.75) is 20.4 Å². The Hall–Kier alpha value is -1.92. The Balaban J connectivity index is 0.00000363. The van der Waals surface area contributed by atoms with Gasteiger partial charge in [0.2, 0.25) is 10.0 Å². The zero-order chi connectivity index (χ0) is 22.3. The summed E-state index contributed by atoms with van der Waals surface area (Å²) in [7, 11) is -1.65. The maximum absolute atomic E-state index is 12.7. The standard InChI is InChI=1S/C22H32N6O2S.HI/c1-18-7-8-20(19(2)16-18)17-26-22(23-3)25-10-15-31(29,30)28-13-11-27(12-14-28)21-6-4-5-9-24-21;/h4-9,16H,10-15,17H2,1-3H3,(H2,23,25,26);1H. The molecular formula is C22H33IN6O2S. The van der Waals surface area contributed by atoms with Gasteiger partial charge in [-0.25, -0.2) is 13.4 Å². The highest BCUT2D eigenvalue weighted by atomic mass is 127. The van der Waals surface area contributed by atoms with Crippen molar-refractivity contribution in [3.05, 3.63) is 59.3 Å². The number of aryl methyl sites for hydroxylation is 2. The number of aromatic nitrogens is 1. The molecule has 0 spiro atoms. The van der Waals surface area contributed by atoms with Gasteiger partial charge in [0.1, 0.15) is 5.82 Å². The Morgan fingerprint density at radius 1 is 1.09 bits per heavy atom. The van der Waals surface area contributed by atoms with E-state index in [1.165, 1.54) is 16.7 Å². The second-order valence-corrected chi connectivity index (χ2v) is 9.76. The minimum absolute atomic E-state index is 0. The molecule has 176 valence electrons. The lowest BCUT2D eigenvalue weighted by molar-refractivity contribution is 0.384. The Labute approximate surface area is 208 Å². The average molecular weight is 573 g/mol. The lowest BCUT2D eigenvalue weighted by Gasteiger charge is -2.34. The largest absolute Gasteiger partial charge is 0.355 e. The Kier molecular flexibility index (Phi) is 10.2. The molecule has 1 fully saturated rings. The van der Waals surface area contributed by atoms with Crippen LogP contribution in [0.5, 0.6) is 0 Å². The van der Waals surface area contributed by atoms with Crippen molar-refractivity contribution in [3.63, 3.8) is 0 Å². The van der Waals surface area contributed by atoms with Gasteiger partial charge in [-0.05, 0) is 37.1 Å². The monoisotopic (exact) mass is 572 g/mol. The summed E-state index contributed by atoms with van der Waals surface area (Å²) in [5.74, 6) is 1.51. The smallest absolute Gasteiger partial charge is 0.215 e. The van der Waals surface area contributed by atoms with Crippen molar-refractivity contribution < 1.29 is 8.42 Å². The molecule has 1 aliphatic heterocycles. The number of nitrogens with one attached hydrogen (secondary N) is 2. The zero-order valence-electron chi connectivity index (χ0n) is 18.9. The molecule has 32 heavy (non-hydrogen) atoms. The van der Waals surface area contributed by atoms with E-state index in [1.54, 1.807) is 17.5 Å². The topological polar surface area (TPSA) is 89.9 Å². The SMILES string of the molecule is CN=C(NCCS(=O)(=O)N1CCN(c2ccccn2)CC1)NCc1ccc(C)cc1C.I. The van der Waals surface area contributed by atoms with Gasteiger partial charge in [-0.1, -0.05) is 29.8 Å². The van der Waals surface area contributed by atoms with Crippen LogP contribution in [0.15, 0.2) is 47.6 Å². The number of hydrogen-bond acceptors (Lipinski definition) is 5. The van der Waals surface area contributed by atoms with Gasteiger partial charge in [0, 0.05) is 52.5 Å². The third-order valence-corrected chi connectivity index (χ3v) is 7.30. The third kappa shape index (κ3) is 7.31. The van der Waals surface area contributed by atoms with Crippen molar-refractivity contribution >= 4 is 45.8 Å². The lowest BCUT2D eigenvalue weighted by Crippen LogP contribution is -2.50. The van der Waals surface area contributed by atoms with Crippen molar-refractivity contribution in [1.82, 2.24) is 19.9 Å². The summed E-state index contributed by atoms with van der Waals surface area (Å²) in [5, 5.41) is 6.37. The number of guanidine groups is 1. The molecule has 10 heteroatoms. The van der Waals surface area contributed by atoms with Gasteiger partial charge in [-0.15, -0.1) is 24.0 Å². The van der Waals surface area contributed by atoms with Gasteiger partial charge < -0.3 is 15.5 Å². The van der Waals surface area contributed by atoms with E-state index in [0.717, 1.165) is 5.82 Å². The van der Waals surface area contributed by atoms with Crippen LogP contribution >= 0.6 is 24.0 Å². The fourth-order valence-electron chi connectivity index (χ4n) is 3.61. The minimum atomic E-state index is -3.33. The van der Waals surface area contributed by atoms with Crippen molar-refractivity contribution in [2.24, 2.45) is 4.99 Å². The molecular weight excluding hydrogens is 539 g/mol. The zero-order valence-corrected chi connectivity index (χ0v) is 22.1. The van der Waals surface area contributed by atoms with Crippen molar-refractivity contribution in [2.75, 3.05) is 50.4 Å². The molecule has 0 radical (unpaired) electrons. The molecule has 0 amide bonds. The molecule has 2 N–H and O–H groups in total. The van der Waals surface area contributed by atoms with E-state index >= 15 is 0 Å². The van der Waals surface area contributed by atoms with Crippen LogP contribution in [0.4, 0.5) is 5.82 Å². The molecule has 0 bridgehead atoms. The first-order valence-corrected chi connectivity index (χ1v) is 12.1. The molecule has 0 aliphatic carbocycles. The number of aliphatic imine (C=N–C) groups is 1.